The number of carbonyl (C=O) groups is 2. The second-order valence-electron chi connectivity index (χ2n) is 6.30. The molecule has 29 heavy (non-hydrogen) atoms. The molecular weight excluding hydrogens is 392 g/mol. The summed E-state index contributed by atoms with van der Waals surface area (Å²) in [5.41, 5.74) is 2.36. The van der Waals surface area contributed by atoms with Crippen molar-refractivity contribution in [3.63, 3.8) is 0 Å². The predicted molar refractivity (Wildman–Crippen MR) is 117 cm³/mol. The molecule has 0 bridgehead atoms. The molecule has 7 nitrogen and oxygen atoms in total. The van der Waals surface area contributed by atoms with Gasteiger partial charge in [0.05, 0.1) is 12.3 Å². The third-order valence-corrected chi connectivity index (χ3v) is 4.52. The predicted octanol–water partition coefficient (Wildman–Crippen LogP) is 4.12. The average molecular weight is 419 g/mol. The number of esters is 1. The topological polar surface area (TPSA) is 83.6 Å². The number of hydrogen-bond donors (Lipinski definition) is 2. The first-order chi connectivity index (χ1) is 13.9. The molecule has 0 aliphatic heterocycles. The van der Waals surface area contributed by atoms with Crippen molar-refractivity contribution < 1.29 is 14.3 Å². The minimum Gasteiger partial charge on any atom is -0.465 e. The Balaban J connectivity index is 2.42. The van der Waals surface area contributed by atoms with Crippen LogP contribution in [0.15, 0.2) is 30.3 Å². The van der Waals surface area contributed by atoms with Gasteiger partial charge in [-0.05, 0) is 58.0 Å². The molecule has 0 aliphatic carbocycles. The highest BCUT2D eigenvalue weighted by molar-refractivity contribution is 6.30. The fourth-order valence-electron chi connectivity index (χ4n) is 2.84. The lowest BCUT2D eigenvalue weighted by Gasteiger charge is -2.25. The Hall–Kier alpha value is -2.80. The van der Waals surface area contributed by atoms with E-state index in [-0.39, 0.29) is 18.4 Å². The van der Waals surface area contributed by atoms with Gasteiger partial charge in [-0.25, -0.2) is 4.98 Å². The van der Waals surface area contributed by atoms with Gasteiger partial charge in [0.1, 0.15) is 12.2 Å². The van der Waals surface area contributed by atoms with Crippen LogP contribution in [0.4, 0.5) is 17.2 Å². The van der Waals surface area contributed by atoms with Crippen LogP contribution in [0.1, 0.15) is 36.8 Å². The lowest BCUT2D eigenvalue weighted by molar-refractivity contribution is -0.140. The molecule has 2 aromatic rings. The summed E-state index contributed by atoms with van der Waals surface area (Å²) in [6, 6.07) is 8.43. The van der Waals surface area contributed by atoms with Crippen molar-refractivity contribution in [1.82, 2.24) is 4.98 Å². The Bertz CT molecular complexity index is 852. The summed E-state index contributed by atoms with van der Waals surface area (Å²) < 4.78 is 4.99. The van der Waals surface area contributed by atoms with Crippen molar-refractivity contribution in [2.75, 3.05) is 41.8 Å². The summed E-state index contributed by atoms with van der Waals surface area (Å²) in [4.78, 5) is 31.3. The van der Waals surface area contributed by atoms with Gasteiger partial charge in [-0.15, -0.1) is 0 Å². The molecule has 0 aliphatic rings. The van der Waals surface area contributed by atoms with Crippen LogP contribution in [-0.4, -0.2) is 43.1 Å². The second kappa shape index (κ2) is 10.7. The van der Waals surface area contributed by atoms with Gasteiger partial charge in [0.2, 0.25) is 0 Å². The minimum absolute atomic E-state index is 0.0151. The number of anilines is 3. The third-order valence-electron chi connectivity index (χ3n) is 4.26. The lowest BCUT2D eigenvalue weighted by atomic mass is 10.2. The van der Waals surface area contributed by atoms with Crippen molar-refractivity contribution in [3.05, 3.63) is 46.6 Å². The Morgan fingerprint density at radius 1 is 1.14 bits per heavy atom. The summed E-state index contributed by atoms with van der Waals surface area (Å²) in [5.74, 6) is -0.0232. The number of carbonyl (C=O) groups excluding carboxylic acids is 2. The zero-order chi connectivity index (χ0) is 21.4. The molecule has 0 saturated carbocycles. The van der Waals surface area contributed by atoms with Crippen molar-refractivity contribution in [1.29, 1.82) is 0 Å². The van der Waals surface area contributed by atoms with Gasteiger partial charge in [-0.2, -0.15) is 0 Å². The van der Waals surface area contributed by atoms with Crippen LogP contribution in [0.2, 0.25) is 5.02 Å². The van der Waals surface area contributed by atoms with E-state index in [2.05, 4.69) is 15.6 Å². The molecule has 1 heterocycles. The highest BCUT2D eigenvalue weighted by Gasteiger charge is 2.19. The maximum atomic E-state index is 12.8. The standard InChI is InChI=1S/C21H27ClN4O3/c1-5-26(6-2)20-19(25-21(28)15-8-10-16(22)11-9-15)17(12-14(4)24-20)23-13-18(27)29-7-3/h8-12H,5-7,13H2,1-4H3,(H,23,24)(H,25,28). The number of rotatable bonds is 9. The second-order valence-corrected chi connectivity index (χ2v) is 6.74. The molecular formula is C21H27ClN4O3. The van der Waals surface area contributed by atoms with Crippen molar-refractivity contribution in [2.24, 2.45) is 0 Å². The Kier molecular flexibility index (Phi) is 8.27. The summed E-state index contributed by atoms with van der Waals surface area (Å²) in [6.07, 6.45) is 0. The normalized spacial score (nSPS) is 10.4. The van der Waals surface area contributed by atoms with Crippen LogP contribution in [-0.2, 0) is 9.53 Å². The zero-order valence-electron chi connectivity index (χ0n) is 17.2. The van der Waals surface area contributed by atoms with Crippen LogP contribution in [0, 0.1) is 6.92 Å². The number of amides is 1. The van der Waals surface area contributed by atoms with Gasteiger partial charge >= 0.3 is 5.97 Å². The molecule has 2 N–H and O–H groups in total. The Morgan fingerprint density at radius 3 is 2.38 bits per heavy atom. The van der Waals surface area contributed by atoms with Gasteiger partial charge in [0, 0.05) is 29.4 Å². The molecule has 0 unspecified atom stereocenters. The van der Waals surface area contributed by atoms with Gasteiger partial charge in [0.25, 0.3) is 5.91 Å². The van der Waals surface area contributed by atoms with Crippen LogP contribution in [0.3, 0.4) is 0 Å². The van der Waals surface area contributed by atoms with Crippen LogP contribution in [0.25, 0.3) is 0 Å². The van der Waals surface area contributed by atoms with Gasteiger partial charge in [-0.3, -0.25) is 9.59 Å². The van der Waals surface area contributed by atoms with Crippen LogP contribution in [0.5, 0.6) is 0 Å². The van der Waals surface area contributed by atoms with Gasteiger partial charge in [0.15, 0.2) is 5.82 Å². The number of aromatic nitrogens is 1. The highest BCUT2D eigenvalue weighted by Crippen LogP contribution is 2.33. The third kappa shape index (κ3) is 6.09. The first kappa shape index (κ1) is 22.5. The lowest BCUT2D eigenvalue weighted by Crippen LogP contribution is -2.27. The van der Waals surface area contributed by atoms with Crippen molar-refractivity contribution in [3.8, 4) is 0 Å². The van der Waals surface area contributed by atoms with E-state index in [1.54, 1.807) is 37.3 Å². The summed E-state index contributed by atoms with van der Waals surface area (Å²) >= 11 is 5.92. The summed E-state index contributed by atoms with van der Waals surface area (Å²) in [5, 5.41) is 6.57. The maximum absolute atomic E-state index is 12.8. The molecule has 8 heteroatoms. The number of benzene rings is 1. The van der Waals surface area contributed by atoms with Crippen LogP contribution >= 0.6 is 11.6 Å². The average Bonchev–Trinajstić information content (AvgIpc) is 2.70. The molecule has 0 spiro atoms. The molecule has 1 aromatic heterocycles. The van der Waals surface area contributed by atoms with Crippen molar-refractivity contribution >= 4 is 40.7 Å². The summed E-state index contributed by atoms with van der Waals surface area (Å²) in [7, 11) is 0. The largest absolute Gasteiger partial charge is 0.465 e. The maximum Gasteiger partial charge on any atom is 0.325 e. The number of aryl methyl sites for hydroxylation is 1. The molecule has 0 atom stereocenters. The number of halogens is 1. The van der Waals surface area contributed by atoms with Crippen molar-refractivity contribution in [2.45, 2.75) is 27.7 Å². The van der Waals surface area contributed by atoms with Gasteiger partial charge in [-0.1, -0.05) is 11.6 Å². The summed E-state index contributed by atoms with van der Waals surface area (Å²) in [6.45, 7) is 9.38. The van der Waals surface area contributed by atoms with E-state index in [4.69, 9.17) is 16.3 Å². The van der Waals surface area contributed by atoms with E-state index in [1.165, 1.54) is 0 Å². The van der Waals surface area contributed by atoms with Gasteiger partial charge < -0.3 is 20.3 Å². The molecule has 1 amide bonds. The quantitative estimate of drug-likeness (QED) is 0.596. The minimum atomic E-state index is -0.374. The van der Waals surface area contributed by atoms with E-state index in [0.717, 1.165) is 5.69 Å². The first-order valence-corrected chi connectivity index (χ1v) is 10.00. The molecule has 0 radical (unpaired) electrons. The number of nitrogens with zero attached hydrogens (tertiary/aromatic N) is 2. The number of hydrogen-bond acceptors (Lipinski definition) is 6. The Morgan fingerprint density at radius 2 is 1.79 bits per heavy atom. The van der Waals surface area contributed by atoms with Crippen LogP contribution < -0.4 is 15.5 Å². The number of ether oxygens (including phenoxy) is 1. The number of nitrogens with one attached hydrogen (secondary N) is 2. The molecule has 1 aromatic carbocycles. The SMILES string of the molecule is CCOC(=O)CNc1cc(C)nc(N(CC)CC)c1NC(=O)c1ccc(Cl)cc1. The fraction of sp³-hybridized carbons (Fsp3) is 0.381. The molecule has 0 saturated heterocycles. The van der Waals surface area contributed by atoms with E-state index in [1.807, 2.05) is 25.7 Å². The molecule has 156 valence electrons. The smallest absolute Gasteiger partial charge is 0.325 e. The highest BCUT2D eigenvalue weighted by atomic mass is 35.5. The van der Waals surface area contributed by atoms with E-state index < -0.39 is 0 Å². The number of pyridine rings is 1. The van der Waals surface area contributed by atoms with E-state index in [0.29, 0.717) is 47.5 Å². The zero-order valence-corrected chi connectivity index (χ0v) is 18.0. The monoisotopic (exact) mass is 418 g/mol. The Labute approximate surface area is 176 Å². The molecule has 2 rings (SSSR count). The van der Waals surface area contributed by atoms with E-state index in [9.17, 15) is 9.59 Å². The fourth-order valence-corrected chi connectivity index (χ4v) is 2.96. The molecule has 0 fully saturated rings. The first-order valence-electron chi connectivity index (χ1n) is 9.62. The van der Waals surface area contributed by atoms with E-state index >= 15 is 0 Å².